The van der Waals surface area contributed by atoms with Crippen LogP contribution in [0.4, 0.5) is 4.79 Å². The number of hydrogen-bond acceptors (Lipinski definition) is 3. The third-order valence-corrected chi connectivity index (χ3v) is 2.09. The van der Waals surface area contributed by atoms with Gasteiger partial charge < -0.3 is 15.0 Å². The Labute approximate surface area is 69.1 Å². The second-order valence-electron chi connectivity index (χ2n) is 2.93. The van der Waals surface area contributed by atoms with Gasteiger partial charge in [0.05, 0.1) is 7.05 Å². The third-order valence-electron chi connectivity index (χ3n) is 2.09. The van der Waals surface area contributed by atoms with Gasteiger partial charge in [-0.3, -0.25) is 4.48 Å². The summed E-state index contributed by atoms with van der Waals surface area (Å²) in [5.41, 5.74) is 0. The predicted molar refractivity (Wildman–Crippen MR) is 37.0 cm³/mol. The fourth-order valence-corrected chi connectivity index (χ4v) is 1.23. The summed E-state index contributed by atoms with van der Waals surface area (Å²) in [5, 5.41) is 19.2. The lowest BCUT2D eigenvalue weighted by Gasteiger charge is -2.32. The lowest BCUT2D eigenvalue weighted by atomic mass is 10.3. The molecule has 0 radical (unpaired) electrons. The van der Waals surface area contributed by atoms with Crippen molar-refractivity contribution in [2.45, 2.75) is 6.04 Å². The van der Waals surface area contributed by atoms with E-state index in [1.54, 1.807) is 0 Å². The molecule has 0 aromatic heterocycles. The number of carbonyl (C=O) groups excluding carboxylic acids is 1. The van der Waals surface area contributed by atoms with Gasteiger partial charge in [-0.1, -0.05) is 0 Å². The minimum Gasteiger partial charge on any atom is -0.498 e. The highest BCUT2D eigenvalue weighted by Crippen LogP contribution is 2.17. The molecule has 0 spiro atoms. The van der Waals surface area contributed by atoms with Crippen LogP contribution in [0, 0.1) is 0 Å². The van der Waals surface area contributed by atoms with Crippen LogP contribution in [0.3, 0.4) is 0 Å². The zero-order chi connectivity index (χ0) is 9.35. The molecule has 0 saturated heterocycles. The number of carboxylic acids is 1. The molecule has 1 aliphatic heterocycles. The van der Waals surface area contributed by atoms with E-state index in [1.807, 2.05) is 0 Å². The maximum atomic E-state index is 10.6. The zero-order valence-corrected chi connectivity index (χ0v) is 6.56. The van der Waals surface area contributed by atoms with Crippen molar-refractivity contribution in [2.75, 3.05) is 13.6 Å². The monoisotopic (exact) mass is 171 g/mol. The molecule has 12 heavy (non-hydrogen) atoms. The SMILES string of the molecule is C[N+]1(C(=O)[O-])CC=CC1C(=O)O. The molecule has 1 amide bonds. The molecule has 1 N–H and O–H groups in total. The molecule has 0 bridgehead atoms. The van der Waals surface area contributed by atoms with E-state index in [2.05, 4.69) is 0 Å². The van der Waals surface area contributed by atoms with E-state index in [4.69, 9.17) is 5.11 Å². The second-order valence-corrected chi connectivity index (χ2v) is 2.93. The number of nitrogens with zero attached hydrogens (tertiary/aromatic N) is 1. The second kappa shape index (κ2) is 2.60. The first-order valence-electron chi connectivity index (χ1n) is 3.44. The normalized spacial score (nSPS) is 33.6. The number of carboxylic acid groups (broad SMARTS) is 2. The average Bonchev–Trinajstić information content (AvgIpc) is 2.32. The summed E-state index contributed by atoms with van der Waals surface area (Å²) in [6.07, 6.45) is 1.54. The Morgan fingerprint density at radius 3 is 2.58 bits per heavy atom. The van der Waals surface area contributed by atoms with Crippen LogP contribution in [0.25, 0.3) is 0 Å². The molecule has 5 heteroatoms. The van der Waals surface area contributed by atoms with Gasteiger partial charge in [-0.25, -0.2) is 4.79 Å². The van der Waals surface area contributed by atoms with Crippen LogP contribution in [0.5, 0.6) is 0 Å². The molecule has 1 heterocycles. The van der Waals surface area contributed by atoms with Crippen molar-refractivity contribution in [1.82, 2.24) is 0 Å². The third kappa shape index (κ3) is 1.08. The van der Waals surface area contributed by atoms with E-state index in [0.717, 1.165) is 0 Å². The summed E-state index contributed by atoms with van der Waals surface area (Å²) < 4.78 is -0.602. The Morgan fingerprint density at radius 1 is 1.67 bits per heavy atom. The molecular formula is C7H9NO4. The summed E-state index contributed by atoms with van der Waals surface area (Å²) in [7, 11) is 1.33. The van der Waals surface area contributed by atoms with Gasteiger partial charge in [-0.05, 0) is 12.2 Å². The van der Waals surface area contributed by atoms with Crippen molar-refractivity contribution in [3.63, 3.8) is 0 Å². The van der Waals surface area contributed by atoms with Crippen LogP contribution in [0.1, 0.15) is 0 Å². The predicted octanol–water partition coefficient (Wildman–Crippen LogP) is -1.20. The van der Waals surface area contributed by atoms with E-state index >= 15 is 0 Å². The van der Waals surface area contributed by atoms with Crippen molar-refractivity contribution in [1.29, 1.82) is 0 Å². The molecule has 0 fully saturated rings. The van der Waals surface area contributed by atoms with Gasteiger partial charge >= 0.3 is 5.97 Å². The van der Waals surface area contributed by atoms with Gasteiger partial charge in [0.25, 0.3) is 6.09 Å². The Hall–Kier alpha value is -1.36. The first kappa shape index (κ1) is 8.73. The van der Waals surface area contributed by atoms with Gasteiger partial charge in [0, 0.05) is 0 Å². The van der Waals surface area contributed by atoms with Crippen LogP contribution in [-0.2, 0) is 4.79 Å². The van der Waals surface area contributed by atoms with Crippen molar-refractivity contribution >= 4 is 12.1 Å². The Kier molecular flexibility index (Phi) is 1.89. The van der Waals surface area contributed by atoms with Crippen molar-refractivity contribution in [3.8, 4) is 0 Å². The minimum absolute atomic E-state index is 0.166. The smallest absolute Gasteiger partial charge is 0.367 e. The van der Waals surface area contributed by atoms with Crippen LogP contribution < -0.4 is 5.11 Å². The molecule has 1 aliphatic rings. The molecule has 2 atom stereocenters. The standard InChI is InChI=1S/C7H9NO4/c1-8(7(11)12)4-2-3-5(8)6(9)10/h2-3,5H,4H2,1H3,(H-,9,10,11,12). The van der Waals surface area contributed by atoms with Gasteiger partial charge in [-0.2, -0.15) is 0 Å². The molecule has 66 valence electrons. The van der Waals surface area contributed by atoms with E-state index in [1.165, 1.54) is 19.2 Å². The fourth-order valence-electron chi connectivity index (χ4n) is 1.23. The average molecular weight is 171 g/mol. The summed E-state index contributed by atoms with van der Waals surface area (Å²) in [5.74, 6) is -1.14. The number of carbonyl (C=O) groups is 2. The van der Waals surface area contributed by atoms with Crippen LogP contribution in [0.2, 0.25) is 0 Å². The van der Waals surface area contributed by atoms with Gasteiger partial charge in [0.2, 0.25) is 6.04 Å². The Morgan fingerprint density at radius 2 is 2.25 bits per heavy atom. The minimum atomic E-state index is -1.37. The number of quaternary nitrogens is 1. The van der Waals surface area contributed by atoms with Crippen molar-refractivity contribution in [2.24, 2.45) is 0 Å². The van der Waals surface area contributed by atoms with E-state index in [9.17, 15) is 14.7 Å². The molecule has 1 rings (SSSR count). The van der Waals surface area contributed by atoms with Crippen LogP contribution >= 0.6 is 0 Å². The first-order valence-corrected chi connectivity index (χ1v) is 3.44. The summed E-state index contributed by atoms with van der Waals surface area (Å²) in [4.78, 5) is 21.2. The molecular weight excluding hydrogens is 162 g/mol. The fraction of sp³-hybridized carbons (Fsp3) is 0.429. The zero-order valence-electron chi connectivity index (χ0n) is 6.56. The summed E-state index contributed by atoms with van der Waals surface area (Å²) >= 11 is 0. The lowest BCUT2D eigenvalue weighted by Crippen LogP contribution is -2.61. The molecule has 0 saturated carbocycles. The Bertz CT molecular complexity index is 260. The summed E-state index contributed by atoms with van der Waals surface area (Å²) in [6.45, 7) is 0.166. The Balaban J connectivity index is 2.94. The summed E-state index contributed by atoms with van der Waals surface area (Å²) in [6, 6.07) is -1.02. The highest BCUT2D eigenvalue weighted by atomic mass is 16.4. The maximum absolute atomic E-state index is 10.6. The number of hydrogen-bond donors (Lipinski definition) is 1. The molecule has 2 unspecified atom stereocenters. The van der Waals surface area contributed by atoms with Gasteiger partial charge in [0.15, 0.2) is 0 Å². The van der Waals surface area contributed by atoms with E-state index in [0.29, 0.717) is 0 Å². The molecule has 0 aromatic carbocycles. The quantitative estimate of drug-likeness (QED) is 0.397. The van der Waals surface area contributed by atoms with Crippen LogP contribution in [-0.4, -0.2) is 41.3 Å². The van der Waals surface area contributed by atoms with E-state index < -0.39 is 22.6 Å². The van der Waals surface area contributed by atoms with Crippen LogP contribution in [0.15, 0.2) is 12.2 Å². The number of rotatable bonds is 1. The largest absolute Gasteiger partial charge is 0.498 e. The van der Waals surface area contributed by atoms with Gasteiger partial charge in [-0.15, -0.1) is 0 Å². The topological polar surface area (TPSA) is 77.4 Å². The highest BCUT2D eigenvalue weighted by Gasteiger charge is 2.41. The number of amides is 1. The lowest BCUT2D eigenvalue weighted by molar-refractivity contribution is -0.856. The van der Waals surface area contributed by atoms with Gasteiger partial charge in [0.1, 0.15) is 6.54 Å². The highest BCUT2D eigenvalue weighted by molar-refractivity contribution is 5.77. The maximum Gasteiger partial charge on any atom is 0.367 e. The number of likely N-dealkylation sites (N-methyl/N-ethyl adjacent to an activating group) is 1. The van der Waals surface area contributed by atoms with E-state index in [-0.39, 0.29) is 6.54 Å². The molecule has 0 aliphatic carbocycles. The molecule has 0 aromatic rings. The van der Waals surface area contributed by atoms with Crippen molar-refractivity contribution in [3.05, 3.63) is 12.2 Å². The number of aliphatic carboxylic acids is 1. The first-order chi connectivity index (χ1) is 5.48. The molecule has 5 nitrogen and oxygen atoms in total. The van der Waals surface area contributed by atoms with Crippen molar-refractivity contribution < 1.29 is 24.3 Å².